The van der Waals surface area contributed by atoms with Gasteiger partial charge in [-0.2, -0.15) is 0 Å². The number of halogens is 1. The molecular formula is C12H18BrN3O. The van der Waals surface area contributed by atoms with Crippen LogP contribution in [0.5, 0.6) is 0 Å². The van der Waals surface area contributed by atoms with Crippen molar-refractivity contribution in [1.82, 2.24) is 0 Å². The first-order chi connectivity index (χ1) is 8.08. The zero-order valence-corrected chi connectivity index (χ0v) is 11.5. The van der Waals surface area contributed by atoms with Gasteiger partial charge in [-0.15, -0.1) is 0 Å². The van der Waals surface area contributed by atoms with E-state index in [0.29, 0.717) is 12.1 Å². The van der Waals surface area contributed by atoms with Crippen molar-refractivity contribution >= 4 is 27.5 Å². The second-order valence-corrected chi connectivity index (χ2v) is 4.84. The smallest absolute Gasteiger partial charge is 0.250 e. The normalized spacial score (nSPS) is 12.2. The Bertz CT molecular complexity index is 395. The first kappa shape index (κ1) is 14.0. The molecule has 0 saturated carbocycles. The van der Waals surface area contributed by atoms with Crippen molar-refractivity contribution in [2.24, 2.45) is 11.5 Å². The summed E-state index contributed by atoms with van der Waals surface area (Å²) in [4.78, 5) is 11.3. The van der Waals surface area contributed by atoms with Crippen LogP contribution in [0.4, 0.5) is 5.69 Å². The Morgan fingerprint density at radius 1 is 1.53 bits per heavy atom. The lowest BCUT2D eigenvalue weighted by Crippen LogP contribution is -2.29. The molecule has 0 radical (unpaired) electrons. The zero-order chi connectivity index (χ0) is 12.8. The number of carbonyl (C=O) groups is 1. The van der Waals surface area contributed by atoms with Crippen molar-refractivity contribution in [3.05, 3.63) is 28.2 Å². The highest BCUT2D eigenvalue weighted by molar-refractivity contribution is 9.10. The van der Waals surface area contributed by atoms with Crippen LogP contribution in [0.3, 0.4) is 0 Å². The number of primary amides is 1. The Hall–Kier alpha value is -1.07. The van der Waals surface area contributed by atoms with Gasteiger partial charge in [0.25, 0.3) is 5.91 Å². The van der Waals surface area contributed by atoms with E-state index in [4.69, 9.17) is 11.5 Å². The number of carbonyl (C=O) groups excluding carboxylic acids is 1. The second kappa shape index (κ2) is 6.61. The molecule has 0 aliphatic rings. The maximum atomic E-state index is 11.3. The third kappa shape index (κ3) is 4.02. The summed E-state index contributed by atoms with van der Waals surface area (Å²) >= 11 is 3.37. The number of amides is 1. The zero-order valence-electron chi connectivity index (χ0n) is 9.87. The van der Waals surface area contributed by atoms with Gasteiger partial charge in [0, 0.05) is 22.7 Å². The summed E-state index contributed by atoms with van der Waals surface area (Å²) in [6.45, 7) is 2.62. The lowest BCUT2D eigenvalue weighted by Gasteiger charge is -2.19. The SMILES string of the molecule is CCCC(CN)Nc1cc(Br)ccc1C(N)=O. The summed E-state index contributed by atoms with van der Waals surface area (Å²) < 4.78 is 0.900. The number of nitrogens with one attached hydrogen (secondary N) is 1. The van der Waals surface area contributed by atoms with Crippen LogP contribution in [0, 0.1) is 0 Å². The molecule has 0 heterocycles. The molecule has 1 aromatic rings. The topological polar surface area (TPSA) is 81.1 Å². The van der Waals surface area contributed by atoms with E-state index in [-0.39, 0.29) is 6.04 Å². The van der Waals surface area contributed by atoms with Gasteiger partial charge in [0.05, 0.1) is 5.56 Å². The summed E-state index contributed by atoms with van der Waals surface area (Å²) in [5.41, 5.74) is 12.2. The summed E-state index contributed by atoms with van der Waals surface area (Å²) in [7, 11) is 0. The van der Waals surface area contributed by atoms with Crippen LogP contribution in [-0.2, 0) is 0 Å². The minimum atomic E-state index is -0.438. The molecule has 1 unspecified atom stereocenters. The van der Waals surface area contributed by atoms with Gasteiger partial charge in [0.2, 0.25) is 0 Å². The fourth-order valence-corrected chi connectivity index (χ4v) is 2.03. The Morgan fingerprint density at radius 2 is 2.24 bits per heavy atom. The summed E-state index contributed by atoms with van der Waals surface area (Å²) in [5, 5.41) is 3.26. The number of hydrogen-bond donors (Lipinski definition) is 3. The van der Waals surface area contributed by atoms with Gasteiger partial charge in [0.1, 0.15) is 0 Å². The molecule has 0 bridgehead atoms. The Kier molecular flexibility index (Phi) is 5.44. The van der Waals surface area contributed by atoms with E-state index in [1.807, 2.05) is 6.07 Å². The first-order valence-corrected chi connectivity index (χ1v) is 6.43. The summed E-state index contributed by atoms with van der Waals surface area (Å²) in [6, 6.07) is 5.50. The summed E-state index contributed by atoms with van der Waals surface area (Å²) in [6.07, 6.45) is 2.00. The quantitative estimate of drug-likeness (QED) is 0.752. The minimum Gasteiger partial charge on any atom is -0.380 e. The van der Waals surface area contributed by atoms with Crippen molar-refractivity contribution in [3.8, 4) is 0 Å². The van der Waals surface area contributed by atoms with E-state index in [9.17, 15) is 4.79 Å². The standard InChI is InChI=1S/C12H18BrN3O/c1-2-3-9(7-14)16-11-6-8(13)4-5-10(11)12(15)17/h4-6,9,16H,2-3,7,14H2,1H3,(H2,15,17). The molecule has 0 fully saturated rings. The highest BCUT2D eigenvalue weighted by Crippen LogP contribution is 2.22. The molecule has 17 heavy (non-hydrogen) atoms. The molecule has 0 aromatic heterocycles. The average Bonchev–Trinajstić information content (AvgIpc) is 2.28. The van der Waals surface area contributed by atoms with Crippen LogP contribution in [0.25, 0.3) is 0 Å². The van der Waals surface area contributed by atoms with Crippen LogP contribution in [0.1, 0.15) is 30.1 Å². The Labute approximate surface area is 110 Å². The lowest BCUT2D eigenvalue weighted by molar-refractivity contribution is 0.100. The average molecular weight is 300 g/mol. The molecule has 1 rings (SSSR count). The van der Waals surface area contributed by atoms with E-state index < -0.39 is 5.91 Å². The highest BCUT2D eigenvalue weighted by atomic mass is 79.9. The summed E-state index contributed by atoms with van der Waals surface area (Å²) in [5.74, 6) is -0.438. The molecule has 0 aliphatic heterocycles. The number of nitrogens with two attached hydrogens (primary N) is 2. The fourth-order valence-electron chi connectivity index (χ4n) is 1.67. The molecule has 1 amide bonds. The Balaban J connectivity index is 2.94. The molecule has 4 nitrogen and oxygen atoms in total. The van der Waals surface area contributed by atoms with Crippen molar-refractivity contribution in [2.45, 2.75) is 25.8 Å². The van der Waals surface area contributed by atoms with Crippen LogP contribution in [0.15, 0.2) is 22.7 Å². The first-order valence-electron chi connectivity index (χ1n) is 5.64. The van der Waals surface area contributed by atoms with E-state index in [2.05, 4.69) is 28.2 Å². The van der Waals surface area contributed by atoms with Crippen LogP contribution < -0.4 is 16.8 Å². The van der Waals surface area contributed by atoms with Crippen molar-refractivity contribution in [2.75, 3.05) is 11.9 Å². The van der Waals surface area contributed by atoms with Gasteiger partial charge in [-0.1, -0.05) is 29.3 Å². The van der Waals surface area contributed by atoms with E-state index in [1.165, 1.54) is 0 Å². The van der Waals surface area contributed by atoms with Gasteiger partial charge in [0.15, 0.2) is 0 Å². The molecule has 1 aromatic carbocycles. The second-order valence-electron chi connectivity index (χ2n) is 3.92. The van der Waals surface area contributed by atoms with Crippen molar-refractivity contribution in [3.63, 3.8) is 0 Å². The molecule has 1 atom stereocenters. The van der Waals surface area contributed by atoms with Crippen molar-refractivity contribution < 1.29 is 4.79 Å². The van der Waals surface area contributed by atoms with Gasteiger partial charge < -0.3 is 16.8 Å². The van der Waals surface area contributed by atoms with E-state index in [1.54, 1.807) is 12.1 Å². The third-order valence-electron chi connectivity index (χ3n) is 2.53. The molecule has 94 valence electrons. The molecule has 0 saturated heterocycles. The minimum absolute atomic E-state index is 0.160. The van der Waals surface area contributed by atoms with Gasteiger partial charge in [-0.25, -0.2) is 0 Å². The molecule has 5 N–H and O–H groups in total. The molecule has 0 aliphatic carbocycles. The maximum Gasteiger partial charge on any atom is 0.250 e. The van der Waals surface area contributed by atoms with Crippen LogP contribution in [-0.4, -0.2) is 18.5 Å². The molecular weight excluding hydrogens is 282 g/mol. The predicted octanol–water partition coefficient (Wildman–Crippen LogP) is 2.09. The number of rotatable bonds is 6. The van der Waals surface area contributed by atoms with Gasteiger partial charge >= 0.3 is 0 Å². The number of hydrogen-bond acceptors (Lipinski definition) is 3. The monoisotopic (exact) mass is 299 g/mol. The van der Waals surface area contributed by atoms with Gasteiger partial charge in [-0.05, 0) is 24.6 Å². The maximum absolute atomic E-state index is 11.3. The largest absolute Gasteiger partial charge is 0.380 e. The van der Waals surface area contributed by atoms with E-state index in [0.717, 1.165) is 23.0 Å². The van der Waals surface area contributed by atoms with Crippen LogP contribution in [0.2, 0.25) is 0 Å². The number of benzene rings is 1. The third-order valence-corrected chi connectivity index (χ3v) is 3.02. The number of anilines is 1. The van der Waals surface area contributed by atoms with E-state index >= 15 is 0 Å². The fraction of sp³-hybridized carbons (Fsp3) is 0.417. The van der Waals surface area contributed by atoms with Crippen molar-refractivity contribution in [1.29, 1.82) is 0 Å². The van der Waals surface area contributed by atoms with Gasteiger partial charge in [-0.3, -0.25) is 4.79 Å². The predicted molar refractivity (Wildman–Crippen MR) is 74.0 cm³/mol. The molecule has 5 heteroatoms. The van der Waals surface area contributed by atoms with Crippen LogP contribution >= 0.6 is 15.9 Å². The molecule has 0 spiro atoms. The Morgan fingerprint density at radius 3 is 2.76 bits per heavy atom. The highest BCUT2D eigenvalue weighted by Gasteiger charge is 2.12. The lowest BCUT2D eigenvalue weighted by atomic mass is 10.1.